The number of rotatable bonds is 7. The van der Waals surface area contributed by atoms with Gasteiger partial charge in [-0.2, -0.15) is 0 Å². The van der Waals surface area contributed by atoms with Crippen molar-refractivity contribution >= 4 is 17.3 Å². The van der Waals surface area contributed by atoms with Crippen molar-refractivity contribution in [3.05, 3.63) is 18.2 Å². The Hall–Kier alpha value is -1.79. The third-order valence-corrected chi connectivity index (χ3v) is 2.69. The molecule has 6 nitrogen and oxygen atoms in total. The summed E-state index contributed by atoms with van der Waals surface area (Å²) in [6, 6.07) is 5.04. The molecule has 6 heteroatoms. The molecule has 0 bridgehead atoms. The fourth-order valence-corrected chi connectivity index (χ4v) is 1.74. The number of nitrogen functional groups attached to an aromatic ring is 1. The lowest BCUT2D eigenvalue weighted by Crippen LogP contribution is -2.32. The number of hydrogen-bond donors (Lipinski definition) is 2. The van der Waals surface area contributed by atoms with Gasteiger partial charge in [0.1, 0.15) is 11.9 Å². The Morgan fingerprint density at radius 1 is 1.35 bits per heavy atom. The SMILES string of the molecule is COCC(C)OC(C)C(=O)Nc1cc(N)ccc1OC. The molecular formula is C14H22N2O4. The van der Waals surface area contributed by atoms with Gasteiger partial charge in [-0.1, -0.05) is 0 Å². The molecule has 20 heavy (non-hydrogen) atoms. The lowest BCUT2D eigenvalue weighted by atomic mass is 10.2. The largest absolute Gasteiger partial charge is 0.495 e. The monoisotopic (exact) mass is 282 g/mol. The van der Waals surface area contributed by atoms with Crippen LogP contribution in [0.2, 0.25) is 0 Å². The van der Waals surface area contributed by atoms with Gasteiger partial charge in [0, 0.05) is 12.8 Å². The minimum absolute atomic E-state index is 0.163. The van der Waals surface area contributed by atoms with Crippen LogP contribution < -0.4 is 15.8 Å². The number of ether oxygens (including phenoxy) is 3. The van der Waals surface area contributed by atoms with Crippen molar-refractivity contribution in [3.63, 3.8) is 0 Å². The first-order chi connectivity index (χ1) is 9.47. The maximum atomic E-state index is 12.1. The zero-order valence-corrected chi connectivity index (χ0v) is 12.3. The molecule has 0 spiro atoms. The summed E-state index contributed by atoms with van der Waals surface area (Å²) in [5.74, 6) is 0.279. The smallest absolute Gasteiger partial charge is 0.253 e. The second kappa shape index (κ2) is 7.72. The average molecular weight is 282 g/mol. The summed E-state index contributed by atoms with van der Waals surface area (Å²) in [5, 5.41) is 2.74. The summed E-state index contributed by atoms with van der Waals surface area (Å²) in [6.07, 6.45) is -0.769. The van der Waals surface area contributed by atoms with Crippen molar-refractivity contribution in [2.75, 3.05) is 31.9 Å². The molecule has 112 valence electrons. The second-order valence-electron chi connectivity index (χ2n) is 4.49. The third-order valence-electron chi connectivity index (χ3n) is 2.69. The number of nitrogens with two attached hydrogens (primary N) is 1. The Bertz CT molecular complexity index is 451. The van der Waals surface area contributed by atoms with Crippen LogP contribution in [0, 0.1) is 0 Å². The maximum Gasteiger partial charge on any atom is 0.253 e. The van der Waals surface area contributed by atoms with Crippen molar-refractivity contribution in [3.8, 4) is 5.75 Å². The first-order valence-corrected chi connectivity index (χ1v) is 6.36. The second-order valence-corrected chi connectivity index (χ2v) is 4.49. The Morgan fingerprint density at radius 3 is 2.65 bits per heavy atom. The predicted octanol–water partition coefficient (Wildman–Crippen LogP) is 1.66. The molecule has 0 saturated carbocycles. The van der Waals surface area contributed by atoms with Crippen molar-refractivity contribution in [2.45, 2.75) is 26.1 Å². The van der Waals surface area contributed by atoms with Crippen molar-refractivity contribution in [1.82, 2.24) is 0 Å². The van der Waals surface area contributed by atoms with Crippen LogP contribution in [0.5, 0.6) is 5.75 Å². The van der Waals surface area contributed by atoms with Crippen LogP contribution in [0.3, 0.4) is 0 Å². The Balaban J connectivity index is 2.68. The highest BCUT2D eigenvalue weighted by Gasteiger charge is 2.18. The number of benzene rings is 1. The highest BCUT2D eigenvalue weighted by molar-refractivity contribution is 5.95. The van der Waals surface area contributed by atoms with E-state index in [1.165, 1.54) is 7.11 Å². The molecule has 1 rings (SSSR count). The number of carbonyl (C=O) groups is 1. The molecule has 0 aromatic heterocycles. The van der Waals surface area contributed by atoms with Gasteiger partial charge < -0.3 is 25.3 Å². The number of anilines is 2. The highest BCUT2D eigenvalue weighted by atomic mass is 16.5. The van der Waals surface area contributed by atoms with Crippen LogP contribution in [-0.4, -0.2) is 38.9 Å². The van der Waals surface area contributed by atoms with E-state index in [2.05, 4.69) is 5.32 Å². The van der Waals surface area contributed by atoms with E-state index in [-0.39, 0.29) is 12.0 Å². The summed E-state index contributed by atoms with van der Waals surface area (Å²) in [6.45, 7) is 3.95. The van der Waals surface area contributed by atoms with Crippen LogP contribution in [0.15, 0.2) is 18.2 Å². The summed E-state index contributed by atoms with van der Waals surface area (Å²) < 4.78 is 15.7. The average Bonchev–Trinajstić information content (AvgIpc) is 2.39. The number of nitrogens with one attached hydrogen (secondary N) is 1. The molecule has 0 saturated heterocycles. The van der Waals surface area contributed by atoms with Crippen molar-refractivity contribution in [1.29, 1.82) is 0 Å². The summed E-state index contributed by atoms with van der Waals surface area (Å²) >= 11 is 0. The molecule has 0 heterocycles. The number of carbonyl (C=O) groups excluding carboxylic acids is 1. The van der Waals surface area contributed by atoms with E-state index in [0.717, 1.165) is 0 Å². The molecule has 3 N–H and O–H groups in total. The van der Waals surface area contributed by atoms with E-state index in [4.69, 9.17) is 19.9 Å². The van der Waals surface area contributed by atoms with E-state index in [1.807, 2.05) is 6.92 Å². The number of amides is 1. The van der Waals surface area contributed by atoms with Crippen molar-refractivity contribution < 1.29 is 19.0 Å². The third kappa shape index (κ3) is 4.71. The fraction of sp³-hybridized carbons (Fsp3) is 0.500. The summed E-state index contributed by atoms with van der Waals surface area (Å²) in [7, 11) is 3.12. The first kappa shape index (κ1) is 16.3. The molecule has 1 amide bonds. The molecule has 1 aromatic rings. The lowest BCUT2D eigenvalue weighted by Gasteiger charge is -2.19. The van der Waals surface area contributed by atoms with Gasteiger partial charge in [-0.05, 0) is 32.0 Å². The minimum atomic E-state index is -0.605. The normalized spacial score (nSPS) is 13.6. The van der Waals surface area contributed by atoms with Gasteiger partial charge in [0.25, 0.3) is 5.91 Å². The van der Waals surface area contributed by atoms with E-state index >= 15 is 0 Å². The molecule has 2 atom stereocenters. The molecule has 0 aliphatic rings. The fourth-order valence-electron chi connectivity index (χ4n) is 1.74. The zero-order chi connectivity index (χ0) is 15.1. The summed E-state index contributed by atoms with van der Waals surface area (Å²) in [5.41, 5.74) is 6.76. The van der Waals surface area contributed by atoms with E-state index in [0.29, 0.717) is 23.7 Å². The molecular weight excluding hydrogens is 260 g/mol. The number of methoxy groups -OCH3 is 2. The van der Waals surface area contributed by atoms with Gasteiger partial charge >= 0.3 is 0 Å². The molecule has 0 radical (unpaired) electrons. The van der Waals surface area contributed by atoms with Gasteiger partial charge in [0.2, 0.25) is 0 Å². The number of hydrogen-bond acceptors (Lipinski definition) is 5. The van der Waals surface area contributed by atoms with Gasteiger partial charge in [-0.3, -0.25) is 4.79 Å². The Morgan fingerprint density at radius 2 is 2.05 bits per heavy atom. The predicted molar refractivity (Wildman–Crippen MR) is 77.9 cm³/mol. The summed E-state index contributed by atoms with van der Waals surface area (Å²) in [4.78, 5) is 12.1. The first-order valence-electron chi connectivity index (χ1n) is 6.36. The lowest BCUT2D eigenvalue weighted by molar-refractivity contribution is -0.131. The van der Waals surface area contributed by atoms with Gasteiger partial charge in [0.15, 0.2) is 0 Å². The van der Waals surface area contributed by atoms with E-state index in [1.54, 1.807) is 32.2 Å². The molecule has 1 aromatic carbocycles. The molecule has 0 aliphatic carbocycles. The quantitative estimate of drug-likeness (QED) is 0.743. The maximum absolute atomic E-state index is 12.1. The van der Waals surface area contributed by atoms with Crippen LogP contribution in [0.4, 0.5) is 11.4 Å². The van der Waals surface area contributed by atoms with Crippen LogP contribution in [0.1, 0.15) is 13.8 Å². The van der Waals surface area contributed by atoms with Crippen LogP contribution in [0.25, 0.3) is 0 Å². The minimum Gasteiger partial charge on any atom is -0.495 e. The standard InChI is InChI=1S/C14H22N2O4/c1-9(8-18-3)20-10(2)14(17)16-12-7-11(15)5-6-13(12)19-4/h5-7,9-10H,8,15H2,1-4H3,(H,16,17). The molecule has 0 aliphatic heterocycles. The van der Waals surface area contributed by atoms with Crippen LogP contribution >= 0.6 is 0 Å². The van der Waals surface area contributed by atoms with Crippen LogP contribution in [-0.2, 0) is 14.3 Å². The topological polar surface area (TPSA) is 82.8 Å². The Labute approximate surface area is 119 Å². The molecule has 2 unspecified atom stereocenters. The highest BCUT2D eigenvalue weighted by Crippen LogP contribution is 2.26. The van der Waals surface area contributed by atoms with Gasteiger partial charge in [-0.15, -0.1) is 0 Å². The van der Waals surface area contributed by atoms with E-state index < -0.39 is 6.10 Å². The van der Waals surface area contributed by atoms with E-state index in [9.17, 15) is 4.79 Å². The Kier molecular flexibility index (Phi) is 6.27. The van der Waals surface area contributed by atoms with Gasteiger partial charge in [-0.25, -0.2) is 0 Å². The van der Waals surface area contributed by atoms with Gasteiger partial charge in [0.05, 0.1) is 25.5 Å². The van der Waals surface area contributed by atoms with Crippen molar-refractivity contribution in [2.24, 2.45) is 0 Å². The molecule has 0 fully saturated rings. The zero-order valence-electron chi connectivity index (χ0n) is 12.3.